The molecule has 0 aliphatic carbocycles. The smallest absolute Gasteiger partial charge is 0.237 e. The van der Waals surface area contributed by atoms with Crippen LogP contribution in [-0.2, 0) is 4.79 Å². The van der Waals surface area contributed by atoms with Crippen LogP contribution in [0.25, 0.3) is 0 Å². The standard InChI is InChI=1S/C15H15F2N3OS3/c1-8(2)7-22-14-19-20-15(24-14)23-9(3)13(21)18-12-5-4-10(16)6-11(12)17/h4-6,9H,1,7H2,2-3H3,(H,18,21)/t9-/m1/s1. The highest BCUT2D eigenvalue weighted by Gasteiger charge is 2.18. The molecule has 0 bridgehead atoms. The zero-order valence-corrected chi connectivity index (χ0v) is 15.5. The van der Waals surface area contributed by atoms with E-state index in [-0.39, 0.29) is 5.69 Å². The molecule has 1 N–H and O–H groups in total. The fourth-order valence-corrected chi connectivity index (χ4v) is 4.53. The molecule has 0 radical (unpaired) electrons. The molecule has 2 rings (SSSR count). The van der Waals surface area contributed by atoms with Crippen molar-refractivity contribution in [3.63, 3.8) is 0 Å². The van der Waals surface area contributed by atoms with Gasteiger partial charge >= 0.3 is 0 Å². The molecule has 1 aromatic heterocycles. The second-order valence-electron chi connectivity index (χ2n) is 4.95. The molecule has 0 saturated heterocycles. The van der Waals surface area contributed by atoms with Crippen LogP contribution in [-0.4, -0.2) is 27.1 Å². The zero-order valence-electron chi connectivity index (χ0n) is 13.0. The van der Waals surface area contributed by atoms with Gasteiger partial charge in [-0.15, -0.1) is 10.2 Å². The van der Waals surface area contributed by atoms with Crippen LogP contribution in [0.4, 0.5) is 14.5 Å². The molecular weight excluding hydrogens is 372 g/mol. The highest BCUT2D eigenvalue weighted by Crippen LogP contribution is 2.32. The summed E-state index contributed by atoms with van der Waals surface area (Å²) in [5.41, 5.74) is 0.988. The van der Waals surface area contributed by atoms with E-state index in [1.54, 1.807) is 6.92 Å². The molecule has 0 aliphatic heterocycles. The fourth-order valence-electron chi connectivity index (χ4n) is 1.52. The van der Waals surface area contributed by atoms with Crippen LogP contribution in [0.1, 0.15) is 13.8 Å². The number of benzene rings is 1. The van der Waals surface area contributed by atoms with E-state index in [0.29, 0.717) is 4.34 Å². The van der Waals surface area contributed by atoms with Crippen molar-refractivity contribution in [3.8, 4) is 0 Å². The second-order valence-corrected chi connectivity index (χ2v) is 8.74. The van der Waals surface area contributed by atoms with Gasteiger partial charge in [0.15, 0.2) is 8.68 Å². The summed E-state index contributed by atoms with van der Waals surface area (Å²) in [5.74, 6) is -1.13. The lowest BCUT2D eigenvalue weighted by Gasteiger charge is -2.10. The first kappa shape index (κ1) is 18.9. The zero-order chi connectivity index (χ0) is 17.7. The highest BCUT2D eigenvalue weighted by molar-refractivity contribution is 8.04. The van der Waals surface area contributed by atoms with Gasteiger partial charge < -0.3 is 5.32 Å². The molecule has 1 heterocycles. The molecule has 4 nitrogen and oxygen atoms in total. The molecule has 0 fully saturated rings. The predicted molar refractivity (Wildman–Crippen MR) is 95.8 cm³/mol. The van der Waals surface area contributed by atoms with Crippen molar-refractivity contribution in [2.75, 3.05) is 11.1 Å². The summed E-state index contributed by atoms with van der Waals surface area (Å²) in [6, 6.07) is 3.01. The van der Waals surface area contributed by atoms with Crippen LogP contribution < -0.4 is 5.32 Å². The largest absolute Gasteiger partial charge is 0.323 e. The Balaban J connectivity index is 1.92. The van der Waals surface area contributed by atoms with Crippen molar-refractivity contribution in [1.29, 1.82) is 0 Å². The molecule has 24 heavy (non-hydrogen) atoms. The average Bonchev–Trinajstić information content (AvgIpc) is 2.95. The van der Waals surface area contributed by atoms with E-state index >= 15 is 0 Å². The Morgan fingerprint density at radius 3 is 2.75 bits per heavy atom. The minimum atomic E-state index is -0.810. The van der Waals surface area contributed by atoms with E-state index in [1.165, 1.54) is 40.9 Å². The van der Waals surface area contributed by atoms with Gasteiger partial charge in [-0.25, -0.2) is 8.78 Å². The van der Waals surface area contributed by atoms with E-state index in [9.17, 15) is 13.6 Å². The van der Waals surface area contributed by atoms with Crippen molar-refractivity contribution >= 4 is 46.5 Å². The third-order valence-corrected chi connectivity index (χ3v) is 6.14. The van der Waals surface area contributed by atoms with Gasteiger partial charge in [-0.3, -0.25) is 4.79 Å². The number of hydrogen-bond donors (Lipinski definition) is 1. The number of hydrogen-bond acceptors (Lipinski definition) is 6. The number of carbonyl (C=O) groups is 1. The van der Waals surface area contributed by atoms with Crippen molar-refractivity contribution < 1.29 is 13.6 Å². The van der Waals surface area contributed by atoms with Crippen molar-refractivity contribution in [3.05, 3.63) is 42.0 Å². The Hall–Kier alpha value is -1.45. The first-order chi connectivity index (χ1) is 11.3. The Bertz CT molecular complexity index is 751. The van der Waals surface area contributed by atoms with Gasteiger partial charge in [-0.05, 0) is 26.0 Å². The maximum atomic E-state index is 13.6. The van der Waals surface area contributed by atoms with Gasteiger partial charge in [0, 0.05) is 11.8 Å². The Labute approximate surface area is 151 Å². The fraction of sp³-hybridized carbons (Fsp3) is 0.267. The first-order valence-corrected chi connectivity index (χ1v) is 9.56. The Morgan fingerprint density at radius 2 is 2.08 bits per heavy atom. The van der Waals surface area contributed by atoms with Crippen molar-refractivity contribution in [1.82, 2.24) is 10.2 Å². The first-order valence-electron chi connectivity index (χ1n) is 6.88. The summed E-state index contributed by atoms with van der Waals surface area (Å²) in [6.45, 7) is 7.44. The molecule has 1 atom stereocenters. The van der Waals surface area contributed by atoms with Gasteiger partial charge in [0.1, 0.15) is 11.6 Å². The number of nitrogens with one attached hydrogen (secondary N) is 1. The quantitative estimate of drug-likeness (QED) is 0.556. The monoisotopic (exact) mass is 387 g/mol. The minimum absolute atomic E-state index is 0.0520. The van der Waals surface area contributed by atoms with Crippen molar-refractivity contribution in [2.45, 2.75) is 27.8 Å². The Kier molecular flexibility index (Phi) is 6.76. The third-order valence-electron chi connectivity index (χ3n) is 2.67. The summed E-state index contributed by atoms with van der Waals surface area (Å²) in [4.78, 5) is 12.1. The lowest BCUT2D eigenvalue weighted by atomic mass is 10.3. The van der Waals surface area contributed by atoms with Crippen LogP contribution in [0.2, 0.25) is 0 Å². The van der Waals surface area contributed by atoms with Gasteiger partial charge in [-0.1, -0.05) is 47.0 Å². The summed E-state index contributed by atoms with van der Waals surface area (Å²) < 4.78 is 27.9. The molecule has 128 valence electrons. The summed E-state index contributed by atoms with van der Waals surface area (Å²) >= 11 is 4.16. The van der Waals surface area contributed by atoms with Crippen LogP contribution in [0.15, 0.2) is 39.0 Å². The molecule has 0 saturated carbocycles. The maximum absolute atomic E-state index is 13.6. The van der Waals surface area contributed by atoms with E-state index in [1.807, 2.05) is 6.92 Å². The average molecular weight is 388 g/mol. The van der Waals surface area contributed by atoms with E-state index in [4.69, 9.17) is 0 Å². The van der Waals surface area contributed by atoms with Crippen LogP contribution >= 0.6 is 34.9 Å². The molecule has 0 spiro atoms. The van der Waals surface area contributed by atoms with Gasteiger partial charge in [0.25, 0.3) is 0 Å². The molecular formula is C15H15F2N3OS3. The maximum Gasteiger partial charge on any atom is 0.237 e. The topological polar surface area (TPSA) is 54.9 Å². The molecule has 0 unspecified atom stereocenters. The normalized spacial score (nSPS) is 12.0. The molecule has 2 aromatic rings. The van der Waals surface area contributed by atoms with Crippen LogP contribution in [0, 0.1) is 11.6 Å². The van der Waals surface area contributed by atoms with Gasteiger partial charge in [0.2, 0.25) is 5.91 Å². The van der Waals surface area contributed by atoms with Gasteiger partial charge in [-0.2, -0.15) is 0 Å². The number of amides is 1. The summed E-state index contributed by atoms with van der Waals surface area (Å²) in [5, 5.41) is 10.0. The second kappa shape index (κ2) is 8.59. The number of anilines is 1. The number of rotatable bonds is 7. The molecule has 1 amide bonds. The minimum Gasteiger partial charge on any atom is -0.323 e. The van der Waals surface area contributed by atoms with Crippen LogP contribution in [0.3, 0.4) is 0 Å². The molecule has 0 aliphatic rings. The predicted octanol–water partition coefficient (Wildman–Crippen LogP) is 4.60. The molecule has 9 heteroatoms. The lowest BCUT2D eigenvalue weighted by molar-refractivity contribution is -0.115. The van der Waals surface area contributed by atoms with E-state index < -0.39 is 22.8 Å². The van der Waals surface area contributed by atoms with E-state index in [2.05, 4.69) is 22.1 Å². The SMILES string of the molecule is C=C(C)CSc1nnc(S[C@H](C)C(=O)Nc2ccc(F)cc2F)s1. The third kappa shape index (κ3) is 5.57. The van der Waals surface area contributed by atoms with Gasteiger partial charge in [0.05, 0.1) is 10.9 Å². The summed E-state index contributed by atoms with van der Waals surface area (Å²) in [7, 11) is 0. The number of halogens is 2. The van der Waals surface area contributed by atoms with Crippen molar-refractivity contribution in [2.24, 2.45) is 0 Å². The lowest BCUT2D eigenvalue weighted by Crippen LogP contribution is -2.22. The number of thioether (sulfide) groups is 2. The number of carbonyl (C=O) groups excluding carboxylic acids is 1. The highest BCUT2D eigenvalue weighted by atomic mass is 32.2. The summed E-state index contributed by atoms with van der Waals surface area (Å²) in [6.07, 6.45) is 0. The molecule has 1 aromatic carbocycles. The van der Waals surface area contributed by atoms with Crippen LogP contribution in [0.5, 0.6) is 0 Å². The number of nitrogens with zero attached hydrogens (tertiary/aromatic N) is 2. The van der Waals surface area contributed by atoms with E-state index in [0.717, 1.165) is 27.8 Å². The Morgan fingerprint density at radius 1 is 1.38 bits per heavy atom. The number of aromatic nitrogens is 2.